The fourth-order valence-corrected chi connectivity index (χ4v) is 1.65. The Morgan fingerprint density at radius 2 is 1.80 bits per heavy atom. The van der Waals surface area contributed by atoms with Crippen LogP contribution in [0, 0.1) is 29.9 Å². The molecule has 5 heteroatoms. The molecule has 1 N–H and O–H groups in total. The van der Waals surface area contributed by atoms with Gasteiger partial charge in [0.25, 0.3) is 5.91 Å². The first-order valence-electron chi connectivity index (χ1n) is 5.79. The van der Waals surface area contributed by atoms with Crippen LogP contribution in [0.1, 0.15) is 21.5 Å². The molecule has 0 atom stereocenters. The Labute approximate surface area is 114 Å². The van der Waals surface area contributed by atoms with Crippen LogP contribution in [0.3, 0.4) is 0 Å². The van der Waals surface area contributed by atoms with Gasteiger partial charge in [-0.3, -0.25) is 4.79 Å². The Morgan fingerprint density at radius 1 is 1.15 bits per heavy atom. The van der Waals surface area contributed by atoms with Crippen LogP contribution >= 0.6 is 0 Å². The second-order valence-corrected chi connectivity index (χ2v) is 4.20. The summed E-state index contributed by atoms with van der Waals surface area (Å²) in [5.74, 6) is -2.28. The van der Waals surface area contributed by atoms with Crippen molar-refractivity contribution in [3.63, 3.8) is 0 Å². The number of anilines is 1. The summed E-state index contributed by atoms with van der Waals surface area (Å²) in [4.78, 5) is 11.9. The summed E-state index contributed by atoms with van der Waals surface area (Å²) in [7, 11) is 0. The van der Waals surface area contributed by atoms with E-state index in [0.717, 1.165) is 6.07 Å². The minimum absolute atomic E-state index is 0.212. The van der Waals surface area contributed by atoms with Crippen LogP contribution in [0.2, 0.25) is 0 Å². The number of benzene rings is 2. The zero-order valence-corrected chi connectivity index (χ0v) is 10.6. The molecule has 100 valence electrons. The molecule has 2 aromatic carbocycles. The third kappa shape index (κ3) is 2.64. The smallest absolute Gasteiger partial charge is 0.255 e. The molecule has 0 aliphatic rings. The van der Waals surface area contributed by atoms with E-state index in [4.69, 9.17) is 5.26 Å². The number of hydrogen-bond acceptors (Lipinski definition) is 2. The van der Waals surface area contributed by atoms with Gasteiger partial charge in [0.2, 0.25) is 0 Å². The highest BCUT2D eigenvalue weighted by Gasteiger charge is 2.15. The average Bonchev–Trinajstić information content (AvgIpc) is 2.47. The van der Waals surface area contributed by atoms with E-state index in [1.807, 2.05) is 6.07 Å². The molecule has 2 aromatic rings. The number of nitrogens with zero attached hydrogens (tertiary/aromatic N) is 1. The van der Waals surface area contributed by atoms with Gasteiger partial charge in [-0.1, -0.05) is 6.07 Å². The molecular formula is C15H10F2N2O. The normalized spacial score (nSPS) is 9.90. The van der Waals surface area contributed by atoms with Gasteiger partial charge < -0.3 is 5.32 Å². The van der Waals surface area contributed by atoms with Gasteiger partial charge in [-0.2, -0.15) is 5.26 Å². The Balaban J connectivity index is 2.28. The highest BCUT2D eigenvalue weighted by atomic mass is 19.1. The number of rotatable bonds is 2. The molecule has 0 aromatic heterocycles. The van der Waals surface area contributed by atoms with Crippen molar-refractivity contribution in [2.75, 3.05) is 5.32 Å². The molecule has 1 amide bonds. The first-order valence-corrected chi connectivity index (χ1v) is 5.79. The van der Waals surface area contributed by atoms with Crippen molar-refractivity contribution in [2.45, 2.75) is 6.92 Å². The van der Waals surface area contributed by atoms with Crippen molar-refractivity contribution < 1.29 is 13.6 Å². The quantitative estimate of drug-likeness (QED) is 0.911. The second-order valence-electron chi connectivity index (χ2n) is 4.20. The van der Waals surface area contributed by atoms with Crippen molar-refractivity contribution in [1.82, 2.24) is 0 Å². The molecule has 0 aliphatic heterocycles. The summed E-state index contributed by atoms with van der Waals surface area (Å²) in [5.41, 5.74) is 0.375. The summed E-state index contributed by atoms with van der Waals surface area (Å²) in [5, 5.41) is 10.9. The van der Waals surface area contributed by atoms with E-state index >= 15 is 0 Å². The standard InChI is InChI=1S/C15H10F2N2O/c1-9-2-7-12(16)14(13(9)17)19-15(20)11-5-3-10(8-18)4-6-11/h2-7H,1H3,(H,19,20). The Bertz CT molecular complexity index is 703. The van der Waals surface area contributed by atoms with Crippen LogP contribution in [-0.2, 0) is 0 Å². The Hall–Kier alpha value is -2.74. The molecule has 0 bridgehead atoms. The summed E-state index contributed by atoms with van der Waals surface area (Å²) < 4.78 is 27.3. The Kier molecular flexibility index (Phi) is 3.76. The van der Waals surface area contributed by atoms with Crippen molar-refractivity contribution in [1.29, 1.82) is 5.26 Å². The SMILES string of the molecule is Cc1ccc(F)c(NC(=O)c2ccc(C#N)cc2)c1F. The van der Waals surface area contributed by atoms with E-state index in [0.29, 0.717) is 5.56 Å². The molecule has 20 heavy (non-hydrogen) atoms. The number of aryl methyl sites for hydroxylation is 1. The molecule has 0 unspecified atom stereocenters. The van der Waals surface area contributed by atoms with Crippen molar-refractivity contribution in [3.8, 4) is 6.07 Å². The molecule has 0 fully saturated rings. The third-order valence-electron chi connectivity index (χ3n) is 2.80. The molecule has 0 radical (unpaired) electrons. The van der Waals surface area contributed by atoms with Crippen LogP contribution in [-0.4, -0.2) is 5.91 Å². The van der Waals surface area contributed by atoms with Crippen molar-refractivity contribution >= 4 is 11.6 Å². The van der Waals surface area contributed by atoms with E-state index in [1.165, 1.54) is 37.3 Å². The van der Waals surface area contributed by atoms with Crippen molar-refractivity contribution in [3.05, 3.63) is 64.7 Å². The monoisotopic (exact) mass is 272 g/mol. The first kappa shape index (κ1) is 13.7. The minimum Gasteiger partial charge on any atom is -0.317 e. The third-order valence-corrected chi connectivity index (χ3v) is 2.80. The van der Waals surface area contributed by atoms with Crippen LogP contribution in [0.4, 0.5) is 14.5 Å². The summed E-state index contributed by atoms with van der Waals surface area (Å²) in [6.07, 6.45) is 0. The average molecular weight is 272 g/mol. The predicted octanol–water partition coefficient (Wildman–Crippen LogP) is 3.40. The van der Waals surface area contributed by atoms with E-state index in [2.05, 4.69) is 5.32 Å². The number of amides is 1. The molecule has 0 heterocycles. The van der Waals surface area contributed by atoms with Crippen molar-refractivity contribution in [2.24, 2.45) is 0 Å². The van der Waals surface area contributed by atoms with Gasteiger partial charge >= 0.3 is 0 Å². The number of carbonyl (C=O) groups excluding carboxylic acids is 1. The predicted molar refractivity (Wildman–Crippen MR) is 70.2 cm³/mol. The second kappa shape index (κ2) is 5.49. The lowest BCUT2D eigenvalue weighted by atomic mass is 10.1. The van der Waals surface area contributed by atoms with Gasteiger partial charge in [-0.05, 0) is 42.8 Å². The highest BCUT2D eigenvalue weighted by Crippen LogP contribution is 2.22. The molecule has 3 nitrogen and oxygen atoms in total. The fraction of sp³-hybridized carbons (Fsp3) is 0.0667. The Morgan fingerprint density at radius 3 is 2.40 bits per heavy atom. The highest BCUT2D eigenvalue weighted by molar-refractivity contribution is 6.04. The summed E-state index contributed by atoms with van der Waals surface area (Å²) in [6, 6.07) is 10.0. The van der Waals surface area contributed by atoms with Crippen LogP contribution in [0.15, 0.2) is 36.4 Å². The molecule has 2 rings (SSSR count). The first-order chi connectivity index (χ1) is 9.52. The number of nitrogens with one attached hydrogen (secondary N) is 1. The van der Waals surface area contributed by atoms with Gasteiger partial charge in [0.05, 0.1) is 11.6 Å². The van der Waals surface area contributed by atoms with E-state index in [1.54, 1.807) is 0 Å². The zero-order valence-electron chi connectivity index (χ0n) is 10.6. The lowest BCUT2D eigenvalue weighted by molar-refractivity contribution is 0.102. The van der Waals surface area contributed by atoms with Gasteiger partial charge in [-0.15, -0.1) is 0 Å². The topological polar surface area (TPSA) is 52.9 Å². The molecule has 0 saturated carbocycles. The fourth-order valence-electron chi connectivity index (χ4n) is 1.65. The largest absolute Gasteiger partial charge is 0.317 e. The number of carbonyl (C=O) groups is 1. The molecule has 0 saturated heterocycles. The van der Waals surface area contributed by atoms with E-state index < -0.39 is 23.2 Å². The molecule has 0 aliphatic carbocycles. The van der Waals surface area contributed by atoms with Crippen LogP contribution in [0.25, 0.3) is 0 Å². The van der Waals surface area contributed by atoms with Gasteiger partial charge in [0, 0.05) is 5.56 Å². The van der Waals surface area contributed by atoms with Crippen LogP contribution < -0.4 is 5.32 Å². The number of hydrogen-bond donors (Lipinski definition) is 1. The molecule has 0 spiro atoms. The maximum absolute atomic E-state index is 13.8. The van der Waals surface area contributed by atoms with E-state index in [-0.39, 0.29) is 11.1 Å². The molecular weight excluding hydrogens is 262 g/mol. The number of nitriles is 1. The zero-order chi connectivity index (χ0) is 14.7. The van der Waals surface area contributed by atoms with Gasteiger partial charge in [0.15, 0.2) is 5.82 Å². The van der Waals surface area contributed by atoms with Gasteiger partial charge in [-0.25, -0.2) is 8.78 Å². The number of halogens is 2. The minimum atomic E-state index is -0.838. The maximum atomic E-state index is 13.8. The van der Waals surface area contributed by atoms with E-state index in [9.17, 15) is 13.6 Å². The lowest BCUT2D eigenvalue weighted by Gasteiger charge is -2.09. The van der Waals surface area contributed by atoms with Crippen LogP contribution in [0.5, 0.6) is 0 Å². The summed E-state index contributed by atoms with van der Waals surface area (Å²) in [6.45, 7) is 1.48. The van der Waals surface area contributed by atoms with Gasteiger partial charge in [0.1, 0.15) is 11.5 Å². The maximum Gasteiger partial charge on any atom is 0.255 e. The lowest BCUT2D eigenvalue weighted by Crippen LogP contribution is -2.14. The summed E-state index contributed by atoms with van der Waals surface area (Å²) >= 11 is 0.